The van der Waals surface area contributed by atoms with Gasteiger partial charge in [0, 0.05) is 0 Å². The first-order chi connectivity index (χ1) is 5.27. The van der Waals surface area contributed by atoms with Gasteiger partial charge in [-0.05, 0) is 0 Å². The molecule has 12 heavy (non-hydrogen) atoms. The van der Waals surface area contributed by atoms with Crippen LogP contribution < -0.4 is 0 Å². The van der Waals surface area contributed by atoms with Gasteiger partial charge in [-0.1, -0.05) is 13.8 Å². The summed E-state index contributed by atoms with van der Waals surface area (Å²) in [5, 5.41) is 0. The topological polar surface area (TPSA) is 0 Å². The molecule has 1 heteroatoms. The molecule has 0 fully saturated rings. The van der Waals surface area contributed by atoms with E-state index in [2.05, 4.69) is 0 Å². The second-order valence-electron chi connectivity index (χ2n) is 2.21. The minimum Gasteiger partial charge on any atom is -0.290 e. The molecule has 0 saturated carbocycles. The third-order valence-electron chi connectivity index (χ3n) is 0.985. The molecule has 0 aliphatic heterocycles. The number of hydrogen-bond acceptors (Lipinski definition) is 0. The molecule has 0 N–H and O–H groups in total. The van der Waals surface area contributed by atoms with Crippen molar-refractivity contribution in [3.8, 4) is 0 Å². The van der Waals surface area contributed by atoms with Crippen LogP contribution in [0.3, 0.4) is 0 Å². The fraction of sp³-hybridized carbons (Fsp3) is 0.182. The Balaban J connectivity index is 0. The molecule has 0 bridgehead atoms. The Morgan fingerprint density at radius 3 is 1.92 bits per heavy atom. The number of allylic oxidation sites excluding steroid dienone is 3. The van der Waals surface area contributed by atoms with Gasteiger partial charge in [-0.15, -0.1) is 0 Å². The van der Waals surface area contributed by atoms with Gasteiger partial charge < -0.3 is 0 Å². The van der Waals surface area contributed by atoms with E-state index in [1.807, 2.05) is 56.3 Å². The minimum absolute atomic E-state index is 0. The molecule has 62 valence electrons. The molecule has 1 aromatic carbocycles. The summed E-state index contributed by atoms with van der Waals surface area (Å²) >= 11 is 0. The van der Waals surface area contributed by atoms with E-state index in [0.29, 0.717) is 0 Å². The van der Waals surface area contributed by atoms with Gasteiger partial charge in [0.05, 0.1) is 0 Å². The smallest absolute Gasteiger partial charge is 0.290 e. The van der Waals surface area contributed by atoms with Crippen LogP contribution in [-0.4, -0.2) is 0 Å². The third kappa shape index (κ3) is 12.2. The van der Waals surface area contributed by atoms with Crippen molar-refractivity contribution in [1.29, 1.82) is 0 Å². The van der Waals surface area contributed by atoms with Gasteiger partial charge in [-0.25, -0.2) is 23.8 Å². The molecule has 0 aliphatic rings. The SMILES string of the molecule is [CH-]=C(C)C=CC.[Ti+2].c1cc[cH-]c1. The van der Waals surface area contributed by atoms with E-state index in [-0.39, 0.29) is 21.7 Å². The van der Waals surface area contributed by atoms with Gasteiger partial charge >= 0.3 is 21.7 Å². The molecule has 1 aromatic rings. The summed E-state index contributed by atoms with van der Waals surface area (Å²) in [5.74, 6) is 0. The molecular weight excluding hydrogens is 180 g/mol. The summed E-state index contributed by atoms with van der Waals surface area (Å²) in [6.07, 6.45) is 3.77. The van der Waals surface area contributed by atoms with Crippen LogP contribution in [0.1, 0.15) is 13.8 Å². The van der Waals surface area contributed by atoms with Crippen LogP contribution >= 0.6 is 0 Å². The Labute approximate surface area is 90.2 Å². The van der Waals surface area contributed by atoms with E-state index in [0.717, 1.165) is 5.57 Å². The average Bonchev–Trinajstić information content (AvgIpc) is 2.41. The fourth-order valence-corrected chi connectivity index (χ4v) is 0.584. The predicted molar refractivity (Wildman–Crippen MR) is 50.3 cm³/mol. The van der Waals surface area contributed by atoms with E-state index in [4.69, 9.17) is 6.58 Å². The molecule has 0 atom stereocenters. The van der Waals surface area contributed by atoms with E-state index in [1.54, 1.807) is 0 Å². The van der Waals surface area contributed by atoms with Crippen molar-refractivity contribution in [3.63, 3.8) is 0 Å². The van der Waals surface area contributed by atoms with E-state index >= 15 is 0 Å². The molecule has 0 nitrogen and oxygen atoms in total. The maximum Gasteiger partial charge on any atom is 2.00 e. The zero-order chi connectivity index (χ0) is 8.53. The fourth-order valence-electron chi connectivity index (χ4n) is 0.584. The number of hydrogen-bond donors (Lipinski definition) is 0. The Morgan fingerprint density at radius 2 is 1.83 bits per heavy atom. The second-order valence-corrected chi connectivity index (χ2v) is 2.21. The maximum atomic E-state index is 5.23. The molecular formula is C11H14Ti. The quantitative estimate of drug-likeness (QED) is 0.365. The van der Waals surface area contributed by atoms with Gasteiger partial charge in [0.2, 0.25) is 0 Å². The molecule has 0 amide bonds. The van der Waals surface area contributed by atoms with Crippen LogP contribution in [0.25, 0.3) is 0 Å². The zero-order valence-corrected chi connectivity index (χ0v) is 9.18. The van der Waals surface area contributed by atoms with Gasteiger partial charge in [-0.2, -0.15) is 24.3 Å². The van der Waals surface area contributed by atoms with Crippen LogP contribution in [0, 0.1) is 6.58 Å². The Kier molecular flexibility index (Phi) is 12.4. The van der Waals surface area contributed by atoms with Crippen molar-refractivity contribution >= 4 is 0 Å². The van der Waals surface area contributed by atoms with Crippen molar-refractivity contribution in [2.24, 2.45) is 0 Å². The summed E-state index contributed by atoms with van der Waals surface area (Å²) in [5.41, 5.74) is 0.859. The molecule has 1 rings (SSSR count). The zero-order valence-electron chi connectivity index (χ0n) is 7.62. The monoisotopic (exact) mass is 194 g/mol. The van der Waals surface area contributed by atoms with E-state index in [9.17, 15) is 0 Å². The van der Waals surface area contributed by atoms with Crippen molar-refractivity contribution in [3.05, 3.63) is 54.6 Å². The molecule has 0 radical (unpaired) electrons. The van der Waals surface area contributed by atoms with Crippen molar-refractivity contribution in [2.75, 3.05) is 0 Å². The molecule has 0 aliphatic carbocycles. The van der Waals surface area contributed by atoms with Crippen LogP contribution in [0.5, 0.6) is 0 Å². The standard InChI is InChI=1S/C6H9.C5H5.Ti/c1-4-5-6(2)3;1-2-4-5-3-1;/h2,4-5H,1,3H3;1-5H;/q2*-1;+2. The number of rotatable bonds is 1. The maximum absolute atomic E-state index is 5.23. The summed E-state index contributed by atoms with van der Waals surface area (Å²) in [7, 11) is 0. The minimum atomic E-state index is 0. The summed E-state index contributed by atoms with van der Waals surface area (Å²) in [4.78, 5) is 0. The normalized spacial score (nSPS) is 8.17. The van der Waals surface area contributed by atoms with Crippen LogP contribution in [0.15, 0.2) is 48.1 Å². The molecule has 0 unspecified atom stereocenters. The van der Waals surface area contributed by atoms with Gasteiger partial charge in [0.25, 0.3) is 0 Å². The van der Waals surface area contributed by atoms with Crippen LogP contribution in [0.4, 0.5) is 0 Å². The van der Waals surface area contributed by atoms with Gasteiger partial charge in [0.15, 0.2) is 0 Å². The first kappa shape index (κ1) is 14.1. The predicted octanol–water partition coefficient (Wildman–Crippen LogP) is 3.34. The summed E-state index contributed by atoms with van der Waals surface area (Å²) in [6, 6.07) is 10.0. The Bertz CT molecular complexity index is 178. The largest absolute Gasteiger partial charge is 2.00 e. The second kappa shape index (κ2) is 10.5. The van der Waals surface area contributed by atoms with Crippen LogP contribution in [-0.2, 0) is 21.7 Å². The first-order valence-corrected chi connectivity index (χ1v) is 3.65. The van der Waals surface area contributed by atoms with E-state index in [1.165, 1.54) is 0 Å². The molecule has 0 aromatic heterocycles. The van der Waals surface area contributed by atoms with Crippen molar-refractivity contribution in [1.82, 2.24) is 0 Å². The molecule has 0 spiro atoms. The van der Waals surface area contributed by atoms with E-state index < -0.39 is 0 Å². The summed E-state index contributed by atoms with van der Waals surface area (Å²) in [6.45, 7) is 9.03. The molecule has 0 saturated heterocycles. The Hall–Kier alpha value is -0.456. The molecule has 0 heterocycles. The first-order valence-electron chi connectivity index (χ1n) is 3.65. The van der Waals surface area contributed by atoms with Gasteiger partial charge in [-0.3, -0.25) is 6.58 Å². The third-order valence-corrected chi connectivity index (χ3v) is 0.985. The van der Waals surface area contributed by atoms with Crippen LogP contribution in [0.2, 0.25) is 0 Å². The summed E-state index contributed by atoms with van der Waals surface area (Å²) < 4.78 is 0. The van der Waals surface area contributed by atoms with Crippen molar-refractivity contribution in [2.45, 2.75) is 13.8 Å². The van der Waals surface area contributed by atoms with Crippen molar-refractivity contribution < 1.29 is 21.7 Å². The Morgan fingerprint density at radius 1 is 1.33 bits per heavy atom. The van der Waals surface area contributed by atoms with Gasteiger partial charge in [0.1, 0.15) is 0 Å². The average molecular weight is 194 g/mol.